The first-order chi connectivity index (χ1) is 11.3. The summed E-state index contributed by atoms with van der Waals surface area (Å²) in [4.78, 5) is 11.9. The molecule has 0 fully saturated rings. The first-order valence-electron chi connectivity index (χ1n) is 6.71. The van der Waals surface area contributed by atoms with E-state index < -0.39 is 22.8 Å². The van der Waals surface area contributed by atoms with Crippen LogP contribution in [0.5, 0.6) is 0 Å². The molecule has 5 nitrogen and oxygen atoms in total. The third-order valence-electron chi connectivity index (χ3n) is 3.23. The van der Waals surface area contributed by atoms with E-state index in [4.69, 9.17) is 11.6 Å². The van der Waals surface area contributed by atoms with Gasteiger partial charge in [0.25, 0.3) is 0 Å². The summed E-state index contributed by atoms with van der Waals surface area (Å²) in [6, 6.07) is 7.53. The SMILES string of the molecule is O=C(Nc1ccc(Cl)c(C(F)(F)F)c1)Nc1ccc2cn[nH]c2c1. The van der Waals surface area contributed by atoms with Crippen LogP contribution in [0, 0.1) is 0 Å². The number of rotatable bonds is 2. The molecule has 1 heterocycles. The van der Waals surface area contributed by atoms with Crippen molar-refractivity contribution in [2.75, 3.05) is 10.6 Å². The Morgan fingerprint density at radius 1 is 1.08 bits per heavy atom. The number of nitrogens with zero attached hydrogens (tertiary/aromatic N) is 1. The van der Waals surface area contributed by atoms with Gasteiger partial charge in [-0.1, -0.05) is 11.6 Å². The number of halogens is 4. The van der Waals surface area contributed by atoms with E-state index in [0.29, 0.717) is 5.69 Å². The summed E-state index contributed by atoms with van der Waals surface area (Å²) in [6.45, 7) is 0. The number of nitrogens with one attached hydrogen (secondary N) is 3. The molecule has 0 aliphatic carbocycles. The van der Waals surface area contributed by atoms with Gasteiger partial charge in [-0.05, 0) is 36.4 Å². The average Bonchev–Trinajstić information content (AvgIpc) is 2.95. The first kappa shape index (κ1) is 16.1. The molecular weight excluding hydrogens is 345 g/mol. The zero-order valence-electron chi connectivity index (χ0n) is 11.9. The van der Waals surface area contributed by atoms with Crippen LogP contribution in [0.3, 0.4) is 0 Å². The molecule has 0 radical (unpaired) electrons. The van der Waals surface area contributed by atoms with E-state index in [2.05, 4.69) is 20.8 Å². The summed E-state index contributed by atoms with van der Waals surface area (Å²) in [5.74, 6) is 0. The van der Waals surface area contributed by atoms with Gasteiger partial charge in [0, 0.05) is 16.8 Å². The highest BCUT2D eigenvalue weighted by molar-refractivity contribution is 6.31. The molecule has 0 atom stereocenters. The van der Waals surface area contributed by atoms with Gasteiger partial charge in [-0.25, -0.2) is 4.79 Å². The minimum Gasteiger partial charge on any atom is -0.308 e. The fraction of sp³-hybridized carbons (Fsp3) is 0.0667. The highest BCUT2D eigenvalue weighted by Gasteiger charge is 2.33. The fourth-order valence-electron chi connectivity index (χ4n) is 2.13. The van der Waals surface area contributed by atoms with Gasteiger partial charge in [0.15, 0.2) is 0 Å². The van der Waals surface area contributed by atoms with E-state index in [1.54, 1.807) is 24.4 Å². The third-order valence-corrected chi connectivity index (χ3v) is 3.56. The van der Waals surface area contributed by atoms with Crippen LogP contribution in [0.2, 0.25) is 5.02 Å². The number of benzene rings is 2. The van der Waals surface area contributed by atoms with Crippen LogP contribution in [-0.4, -0.2) is 16.2 Å². The smallest absolute Gasteiger partial charge is 0.308 e. The van der Waals surface area contributed by atoms with Crippen LogP contribution in [0.25, 0.3) is 10.9 Å². The molecule has 2 amide bonds. The zero-order chi connectivity index (χ0) is 17.3. The lowest BCUT2D eigenvalue weighted by Crippen LogP contribution is -2.19. The van der Waals surface area contributed by atoms with Crippen molar-refractivity contribution in [2.24, 2.45) is 0 Å². The number of aromatic amines is 1. The van der Waals surface area contributed by atoms with Crippen molar-refractivity contribution < 1.29 is 18.0 Å². The molecule has 0 aliphatic heterocycles. The van der Waals surface area contributed by atoms with Crippen molar-refractivity contribution in [3.8, 4) is 0 Å². The standard InChI is InChI=1S/C15H10ClF3N4O/c16-12-4-3-9(5-11(12)15(17,18)19)21-14(24)22-10-2-1-8-7-20-23-13(8)6-10/h1-7H,(H,20,23)(H2,21,22,24). The normalized spacial score (nSPS) is 11.5. The number of carbonyl (C=O) groups is 1. The number of aromatic nitrogens is 2. The predicted octanol–water partition coefficient (Wildman–Crippen LogP) is 4.88. The van der Waals surface area contributed by atoms with Gasteiger partial charge in [0.2, 0.25) is 0 Å². The molecule has 3 aromatic rings. The Morgan fingerprint density at radius 3 is 2.46 bits per heavy atom. The van der Waals surface area contributed by atoms with Crippen LogP contribution < -0.4 is 10.6 Å². The first-order valence-corrected chi connectivity index (χ1v) is 7.08. The Morgan fingerprint density at radius 2 is 1.75 bits per heavy atom. The van der Waals surface area contributed by atoms with Crippen LogP contribution in [0.4, 0.5) is 29.3 Å². The summed E-state index contributed by atoms with van der Waals surface area (Å²) in [7, 11) is 0. The molecule has 2 aromatic carbocycles. The summed E-state index contributed by atoms with van der Waals surface area (Å²) in [6.07, 6.45) is -2.97. The van der Waals surface area contributed by atoms with Gasteiger partial charge in [0.05, 0.1) is 22.3 Å². The molecule has 124 valence electrons. The van der Waals surface area contributed by atoms with Crippen LogP contribution in [0.1, 0.15) is 5.56 Å². The number of urea groups is 1. The van der Waals surface area contributed by atoms with Crippen molar-refractivity contribution in [1.82, 2.24) is 10.2 Å². The molecular formula is C15H10ClF3N4O. The number of anilines is 2. The van der Waals surface area contributed by atoms with Gasteiger partial charge in [-0.2, -0.15) is 18.3 Å². The van der Waals surface area contributed by atoms with Gasteiger partial charge in [-0.15, -0.1) is 0 Å². The van der Waals surface area contributed by atoms with E-state index in [0.717, 1.165) is 23.0 Å². The number of H-pyrrole nitrogens is 1. The lowest BCUT2D eigenvalue weighted by atomic mass is 10.2. The Hall–Kier alpha value is -2.74. The van der Waals surface area contributed by atoms with E-state index in [-0.39, 0.29) is 5.69 Å². The number of hydrogen-bond acceptors (Lipinski definition) is 2. The van der Waals surface area contributed by atoms with Gasteiger partial charge in [-0.3, -0.25) is 5.10 Å². The second-order valence-electron chi connectivity index (χ2n) is 4.94. The molecule has 0 bridgehead atoms. The number of alkyl halides is 3. The molecule has 24 heavy (non-hydrogen) atoms. The molecule has 0 aliphatic rings. The Kier molecular flexibility index (Phi) is 4.06. The van der Waals surface area contributed by atoms with Crippen LogP contribution in [0.15, 0.2) is 42.6 Å². The second-order valence-corrected chi connectivity index (χ2v) is 5.35. The quantitative estimate of drug-likeness (QED) is 0.614. The topological polar surface area (TPSA) is 69.8 Å². The average molecular weight is 355 g/mol. The lowest BCUT2D eigenvalue weighted by molar-refractivity contribution is -0.137. The molecule has 1 aromatic heterocycles. The molecule has 3 N–H and O–H groups in total. The lowest BCUT2D eigenvalue weighted by Gasteiger charge is -2.12. The fourth-order valence-corrected chi connectivity index (χ4v) is 2.35. The molecule has 0 saturated carbocycles. The van der Waals surface area contributed by atoms with Crippen LogP contribution in [-0.2, 0) is 6.18 Å². The molecule has 0 unspecified atom stereocenters. The van der Waals surface area contributed by atoms with Crippen molar-refractivity contribution in [3.05, 3.63) is 53.2 Å². The number of carbonyl (C=O) groups excluding carboxylic acids is 1. The van der Waals surface area contributed by atoms with E-state index in [1.165, 1.54) is 6.07 Å². The summed E-state index contributed by atoms with van der Waals surface area (Å²) >= 11 is 5.53. The van der Waals surface area contributed by atoms with Gasteiger partial charge in [0.1, 0.15) is 0 Å². The number of hydrogen-bond donors (Lipinski definition) is 3. The maximum absolute atomic E-state index is 12.8. The van der Waals surface area contributed by atoms with Gasteiger partial charge >= 0.3 is 12.2 Å². The third kappa shape index (κ3) is 3.43. The van der Waals surface area contributed by atoms with Crippen molar-refractivity contribution in [2.45, 2.75) is 6.18 Å². The van der Waals surface area contributed by atoms with Crippen molar-refractivity contribution in [3.63, 3.8) is 0 Å². The second kappa shape index (κ2) is 6.04. The Balaban J connectivity index is 1.75. The Bertz CT molecular complexity index is 907. The maximum atomic E-state index is 12.8. The molecule has 9 heteroatoms. The minimum absolute atomic E-state index is 0.0214. The predicted molar refractivity (Wildman–Crippen MR) is 85.2 cm³/mol. The summed E-state index contributed by atoms with van der Waals surface area (Å²) < 4.78 is 38.4. The molecule has 0 saturated heterocycles. The highest BCUT2D eigenvalue weighted by Crippen LogP contribution is 2.36. The number of amides is 2. The summed E-state index contributed by atoms with van der Waals surface area (Å²) in [5.41, 5.74) is 0.153. The largest absolute Gasteiger partial charge is 0.417 e. The Labute approximate surface area is 138 Å². The van der Waals surface area contributed by atoms with E-state index >= 15 is 0 Å². The summed E-state index contributed by atoms with van der Waals surface area (Å²) in [5, 5.41) is 11.9. The maximum Gasteiger partial charge on any atom is 0.417 e. The van der Waals surface area contributed by atoms with E-state index in [1.807, 2.05) is 0 Å². The van der Waals surface area contributed by atoms with Gasteiger partial charge < -0.3 is 10.6 Å². The molecule has 3 rings (SSSR count). The van der Waals surface area contributed by atoms with Crippen LogP contribution >= 0.6 is 11.6 Å². The number of fused-ring (bicyclic) bond motifs is 1. The van der Waals surface area contributed by atoms with E-state index in [9.17, 15) is 18.0 Å². The monoisotopic (exact) mass is 354 g/mol. The highest BCUT2D eigenvalue weighted by atomic mass is 35.5. The van der Waals surface area contributed by atoms with Crippen molar-refractivity contribution >= 4 is 39.9 Å². The zero-order valence-corrected chi connectivity index (χ0v) is 12.7. The molecule has 0 spiro atoms. The van der Waals surface area contributed by atoms with Crippen molar-refractivity contribution in [1.29, 1.82) is 0 Å². The minimum atomic E-state index is -4.60.